The molecule has 0 unspecified atom stereocenters. The highest BCUT2D eigenvalue weighted by Gasteiger charge is 2.35. The van der Waals surface area contributed by atoms with Gasteiger partial charge in [-0.25, -0.2) is 9.97 Å². The Morgan fingerprint density at radius 1 is 1.32 bits per heavy atom. The van der Waals surface area contributed by atoms with E-state index in [1.807, 2.05) is 0 Å². The van der Waals surface area contributed by atoms with Crippen molar-refractivity contribution in [2.45, 2.75) is 37.6 Å². The number of aliphatic hydroxyl groups is 1. The van der Waals surface area contributed by atoms with Gasteiger partial charge in [-0.15, -0.1) is 11.3 Å². The lowest BCUT2D eigenvalue weighted by Gasteiger charge is -2.45. The van der Waals surface area contributed by atoms with Gasteiger partial charge in [0, 0.05) is 18.6 Å². The molecule has 22 heavy (non-hydrogen) atoms. The molecule has 6 heteroatoms. The van der Waals surface area contributed by atoms with E-state index in [-0.39, 0.29) is 12.1 Å². The fraction of sp³-hybridized carbons (Fsp3) is 0.625. The molecule has 2 N–H and O–H groups in total. The van der Waals surface area contributed by atoms with Gasteiger partial charge in [-0.3, -0.25) is 4.90 Å². The topological polar surface area (TPSA) is 61.3 Å². The van der Waals surface area contributed by atoms with Gasteiger partial charge in [-0.1, -0.05) is 19.3 Å². The second-order valence-corrected chi connectivity index (χ2v) is 7.04. The molecule has 2 aromatic heterocycles. The Hall–Kier alpha value is -1.24. The van der Waals surface area contributed by atoms with Crippen LogP contribution in [0.15, 0.2) is 17.8 Å². The van der Waals surface area contributed by atoms with Gasteiger partial charge < -0.3 is 10.4 Å². The summed E-state index contributed by atoms with van der Waals surface area (Å²) in [5, 5.41) is 16.0. The second kappa shape index (κ2) is 6.89. The van der Waals surface area contributed by atoms with Crippen LogP contribution in [0, 0.1) is 0 Å². The van der Waals surface area contributed by atoms with Crippen LogP contribution in [-0.4, -0.2) is 52.3 Å². The van der Waals surface area contributed by atoms with Gasteiger partial charge in [0.25, 0.3) is 0 Å². The number of β-amino-alcohol motifs (C(OH)–C–C–N with tert-alkyl or cyclic N) is 1. The van der Waals surface area contributed by atoms with Gasteiger partial charge in [-0.2, -0.15) is 0 Å². The summed E-state index contributed by atoms with van der Waals surface area (Å²) in [7, 11) is 2.13. The molecule has 1 saturated carbocycles. The average Bonchev–Trinajstić information content (AvgIpc) is 3.03. The summed E-state index contributed by atoms with van der Waals surface area (Å²) in [6.07, 6.45) is 7.82. The molecular weight excluding hydrogens is 296 g/mol. The lowest BCUT2D eigenvalue weighted by molar-refractivity contribution is 0.0690. The number of hydrogen-bond acceptors (Lipinski definition) is 6. The number of aromatic nitrogens is 2. The Labute approximate surface area is 135 Å². The van der Waals surface area contributed by atoms with Crippen molar-refractivity contribution in [3.8, 4) is 0 Å². The first-order chi connectivity index (χ1) is 10.7. The van der Waals surface area contributed by atoms with E-state index in [0.717, 1.165) is 29.1 Å². The Kier molecular flexibility index (Phi) is 4.90. The smallest absolute Gasteiger partial charge is 0.138 e. The van der Waals surface area contributed by atoms with E-state index in [0.29, 0.717) is 0 Å². The largest absolute Gasteiger partial charge is 0.395 e. The first-order valence-corrected chi connectivity index (χ1v) is 8.87. The highest BCUT2D eigenvalue weighted by Crippen LogP contribution is 2.34. The van der Waals surface area contributed by atoms with Gasteiger partial charge in [-0.05, 0) is 31.3 Å². The molecule has 5 nitrogen and oxygen atoms in total. The summed E-state index contributed by atoms with van der Waals surface area (Å²) >= 11 is 1.64. The van der Waals surface area contributed by atoms with Crippen LogP contribution < -0.4 is 5.32 Å². The minimum Gasteiger partial charge on any atom is -0.395 e. The molecule has 1 fully saturated rings. The predicted octanol–water partition coefficient (Wildman–Crippen LogP) is 2.73. The average molecular weight is 320 g/mol. The number of likely N-dealkylation sites (N-methyl/N-ethyl adjacent to an activating group) is 1. The van der Waals surface area contributed by atoms with E-state index in [2.05, 4.69) is 38.7 Å². The molecule has 0 atom stereocenters. The standard InChI is InChI=1S/C16H24N4OS/c1-20(8-9-21)16(6-3-2-4-7-16)11-17-14-13-5-10-22-15(13)19-12-18-14/h5,10,12,21H,2-4,6-9,11H2,1H3,(H,17,18,19). The summed E-state index contributed by atoms with van der Waals surface area (Å²) in [5.41, 5.74) is 0.119. The maximum absolute atomic E-state index is 9.30. The van der Waals surface area contributed by atoms with Gasteiger partial charge >= 0.3 is 0 Å². The Morgan fingerprint density at radius 3 is 2.91 bits per heavy atom. The second-order valence-electron chi connectivity index (χ2n) is 6.15. The molecule has 3 rings (SSSR count). The number of anilines is 1. The number of hydrogen-bond donors (Lipinski definition) is 2. The Morgan fingerprint density at radius 2 is 2.14 bits per heavy atom. The maximum atomic E-state index is 9.30. The predicted molar refractivity (Wildman–Crippen MR) is 91.4 cm³/mol. The van der Waals surface area contributed by atoms with Crippen molar-refractivity contribution in [3.63, 3.8) is 0 Å². The molecule has 1 aliphatic carbocycles. The van der Waals surface area contributed by atoms with Gasteiger partial charge in [0.05, 0.1) is 12.0 Å². The summed E-state index contributed by atoms with van der Waals surface area (Å²) in [4.78, 5) is 12.1. The quantitative estimate of drug-likeness (QED) is 0.857. The molecular formula is C16H24N4OS. The van der Waals surface area contributed by atoms with Crippen molar-refractivity contribution < 1.29 is 5.11 Å². The van der Waals surface area contributed by atoms with Crippen molar-refractivity contribution in [3.05, 3.63) is 17.8 Å². The number of nitrogens with zero attached hydrogens (tertiary/aromatic N) is 3. The van der Waals surface area contributed by atoms with Crippen molar-refractivity contribution in [2.75, 3.05) is 32.1 Å². The number of nitrogens with one attached hydrogen (secondary N) is 1. The SMILES string of the molecule is CN(CCO)C1(CNc2ncnc3sccc23)CCCCC1. The maximum Gasteiger partial charge on any atom is 0.138 e. The molecule has 0 radical (unpaired) electrons. The summed E-state index contributed by atoms with van der Waals surface area (Å²) in [6.45, 7) is 1.80. The van der Waals surface area contributed by atoms with E-state index in [1.54, 1.807) is 17.7 Å². The van der Waals surface area contributed by atoms with Crippen LogP contribution in [0.5, 0.6) is 0 Å². The molecule has 0 spiro atoms. The van der Waals surface area contributed by atoms with Crippen LogP contribution in [0.3, 0.4) is 0 Å². The molecule has 2 heterocycles. The third kappa shape index (κ3) is 3.09. The van der Waals surface area contributed by atoms with Crippen LogP contribution in [0.25, 0.3) is 10.2 Å². The minimum absolute atomic E-state index is 0.119. The van der Waals surface area contributed by atoms with Crippen LogP contribution in [0.4, 0.5) is 5.82 Å². The van der Waals surface area contributed by atoms with Gasteiger partial charge in [0.15, 0.2) is 0 Å². The van der Waals surface area contributed by atoms with E-state index in [4.69, 9.17) is 0 Å². The monoisotopic (exact) mass is 320 g/mol. The minimum atomic E-state index is 0.119. The van der Waals surface area contributed by atoms with Crippen LogP contribution >= 0.6 is 11.3 Å². The Balaban J connectivity index is 1.77. The van der Waals surface area contributed by atoms with Crippen molar-refractivity contribution in [2.24, 2.45) is 0 Å². The zero-order chi connectivity index (χ0) is 15.4. The molecule has 0 saturated heterocycles. The summed E-state index contributed by atoms with van der Waals surface area (Å²) < 4.78 is 0. The van der Waals surface area contributed by atoms with E-state index in [1.165, 1.54) is 32.1 Å². The lowest BCUT2D eigenvalue weighted by Crippen LogP contribution is -2.53. The van der Waals surface area contributed by atoms with E-state index >= 15 is 0 Å². The fourth-order valence-electron chi connectivity index (χ4n) is 3.47. The Bertz CT molecular complexity index is 609. The number of aliphatic hydroxyl groups excluding tert-OH is 1. The van der Waals surface area contributed by atoms with Crippen molar-refractivity contribution >= 4 is 27.4 Å². The number of rotatable bonds is 6. The van der Waals surface area contributed by atoms with Crippen LogP contribution in [0.2, 0.25) is 0 Å². The van der Waals surface area contributed by atoms with Crippen LogP contribution in [0.1, 0.15) is 32.1 Å². The zero-order valence-electron chi connectivity index (χ0n) is 13.1. The molecule has 120 valence electrons. The summed E-state index contributed by atoms with van der Waals surface area (Å²) in [6, 6.07) is 2.08. The third-order valence-electron chi connectivity index (χ3n) is 4.88. The third-order valence-corrected chi connectivity index (χ3v) is 5.70. The van der Waals surface area contributed by atoms with E-state index in [9.17, 15) is 5.11 Å². The lowest BCUT2D eigenvalue weighted by atomic mass is 9.80. The first-order valence-electron chi connectivity index (χ1n) is 7.99. The molecule has 0 aliphatic heterocycles. The molecule has 0 bridgehead atoms. The number of fused-ring (bicyclic) bond motifs is 1. The van der Waals surface area contributed by atoms with Crippen molar-refractivity contribution in [1.82, 2.24) is 14.9 Å². The van der Waals surface area contributed by atoms with Gasteiger partial charge in [0.1, 0.15) is 17.0 Å². The van der Waals surface area contributed by atoms with Gasteiger partial charge in [0.2, 0.25) is 0 Å². The normalized spacial score (nSPS) is 18.0. The highest BCUT2D eigenvalue weighted by molar-refractivity contribution is 7.16. The molecule has 0 amide bonds. The highest BCUT2D eigenvalue weighted by atomic mass is 32.1. The first kappa shape index (κ1) is 15.6. The number of thiophene rings is 1. The molecule has 1 aliphatic rings. The van der Waals surface area contributed by atoms with E-state index < -0.39 is 0 Å². The summed E-state index contributed by atoms with van der Waals surface area (Å²) in [5.74, 6) is 0.925. The molecule has 2 aromatic rings. The fourth-order valence-corrected chi connectivity index (χ4v) is 4.20. The zero-order valence-corrected chi connectivity index (χ0v) is 13.9. The van der Waals surface area contributed by atoms with Crippen molar-refractivity contribution in [1.29, 1.82) is 0 Å². The van der Waals surface area contributed by atoms with Crippen LogP contribution in [-0.2, 0) is 0 Å². The molecule has 0 aromatic carbocycles.